The first-order valence-corrected chi connectivity index (χ1v) is 8.91. The van der Waals surface area contributed by atoms with Crippen molar-refractivity contribution in [2.24, 2.45) is 11.8 Å². The Morgan fingerprint density at radius 3 is 2.60 bits per heavy atom. The van der Waals surface area contributed by atoms with Crippen molar-refractivity contribution in [1.82, 2.24) is 9.88 Å². The summed E-state index contributed by atoms with van der Waals surface area (Å²) in [4.78, 5) is 20.4. The highest BCUT2D eigenvalue weighted by Gasteiger charge is 2.37. The summed E-state index contributed by atoms with van der Waals surface area (Å²) in [7, 11) is 0. The van der Waals surface area contributed by atoms with Gasteiger partial charge in [0.1, 0.15) is 0 Å². The molecule has 1 saturated heterocycles. The van der Waals surface area contributed by atoms with Crippen LogP contribution in [0.15, 0.2) is 0 Å². The van der Waals surface area contributed by atoms with Gasteiger partial charge in [-0.3, -0.25) is 4.79 Å². The molecule has 0 spiro atoms. The van der Waals surface area contributed by atoms with Gasteiger partial charge in [-0.2, -0.15) is 0 Å². The molecule has 1 saturated carbocycles. The quantitative estimate of drug-likeness (QED) is 0.837. The zero-order valence-corrected chi connectivity index (χ0v) is 12.8. The summed E-state index contributed by atoms with van der Waals surface area (Å²) in [6, 6.07) is 0. The largest absolute Gasteiger partial charge is 0.336 e. The summed E-state index contributed by atoms with van der Waals surface area (Å²) in [6.07, 6.45) is 10.4. The van der Waals surface area contributed by atoms with E-state index in [-0.39, 0.29) is 5.91 Å². The molecule has 20 heavy (non-hydrogen) atoms. The third-order valence-corrected chi connectivity index (χ3v) is 6.44. The minimum atomic E-state index is 0.191. The number of likely N-dealkylation sites (tertiary alicyclic amines) is 1. The highest BCUT2D eigenvalue weighted by atomic mass is 32.1. The van der Waals surface area contributed by atoms with Crippen LogP contribution in [0.3, 0.4) is 0 Å². The zero-order valence-electron chi connectivity index (χ0n) is 11.9. The molecule has 0 bridgehead atoms. The molecule has 2 aliphatic carbocycles. The van der Waals surface area contributed by atoms with Crippen LogP contribution in [0.1, 0.15) is 58.9 Å². The molecule has 1 aromatic rings. The molecule has 3 aliphatic rings. The number of carbonyl (C=O) groups is 1. The van der Waals surface area contributed by atoms with Crippen LogP contribution in [0.4, 0.5) is 0 Å². The Balaban J connectivity index is 1.36. The second-order valence-corrected chi connectivity index (χ2v) is 7.69. The van der Waals surface area contributed by atoms with Gasteiger partial charge >= 0.3 is 0 Å². The van der Waals surface area contributed by atoms with Crippen LogP contribution < -0.4 is 0 Å². The summed E-state index contributed by atoms with van der Waals surface area (Å²) in [5, 5.41) is 0.747. The predicted molar refractivity (Wildman–Crippen MR) is 80.1 cm³/mol. The number of thiazole rings is 1. The lowest BCUT2D eigenvalue weighted by Gasteiger charge is -2.44. The van der Waals surface area contributed by atoms with Gasteiger partial charge < -0.3 is 4.90 Å². The number of amides is 1. The van der Waals surface area contributed by atoms with Gasteiger partial charge in [-0.1, -0.05) is 32.1 Å². The third-order valence-electron chi connectivity index (χ3n) is 5.29. The van der Waals surface area contributed by atoms with E-state index in [1.54, 1.807) is 11.3 Å². The van der Waals surface area contributed by atoms with Gasteiger partial charge in [-0.15, -0.1) is 11.3 Å². The van der Waals surface area contributed by atoms with Crippen molar-refractivity contribution in [2.45, 2.75) is 51.4 Å². The van der Waals surface area contributed by atoms with Crippen molar-refractivity contribution in [3.8, 4) is 0 Å². The van der Waals surface area contributed by atoms with E-state index in [4.69, 9.17) is 0 Å². The Morgan fingerprint density at radius 1 is 1.05 bits per heavy atom. The van der Waals surface area contributed by atoms with Gasteiger partial charge in [-0.25, -0.2) is 4.98 Å². The van der Waals surface area contributed by atoms with Crippen molar-refractivity contribution in [3.05, 3.63) is 15.6 Å². The predicted octanol–water partition coefficient (Wildman–Crippen LogP) is 3.28. The molecule has 0 unspecified atom stereocenters. The highest BCUT2D eigenvalue weighted by molar-refractivity contribution is 7.13. The second kappa shape index (κ2) is 5.14. The minimum absolute atomic E-state index is 0.191. The van der Waals surface area contributed by atoms with Crippen LogP contribution in [-0.4, -0.2) is 28.9 Å². The summed E-state index contributed by atoms with van der Waals surface area (Å²) >= 11 is 1.64. The van der Waals surface area contributed by atoms with Crippen LogP contribution in [0.5, 0.6) is 0 Å². The molecule has 108 valence electrons. The molecule has 3 nitrogen and oxygen atoms in total. The van der Waals surface area contributed by atoms with Gasteiger partial charge in [0.25, 0.3) is 5.91 Å². The first-order valence-electron chi connectivity index (χ1n) is 8.09. The smallest absolute Gasteiger partial charge is 0.282 e. The van der Waals surface area contributed by atoms with Crippen molar-refractivity contribution >= 4 is 17.2 Å². The van der Waals surface area contributed by atoms with Crippen molar-refractivity contribution in [1.29, 1.82) is 0 Å². The maximum atomic E-state index is 12.4. The van der Waals surface area contributed by atoms with Crippen molar-refractivity contribution in [3.63, 3.8) is 0 Å². The molecule has 4 rings (SSSR count). The monoisotopic (exact) mass is 290 g/mol. The van der Waals surface area contributed by atoms with Crippen molar-refractivity contribution in [2.75, 3.05) is 13.1 Å². The van der Waals surface area contributed by atoms with Crippen LogP contribution in [0.25, 0.3) is 0 Å². The SMILES string of the molecule is O=C(c1nc2c(s1)CCC2)N1CC(C2CCCCC2)C1. The molecular formula is C16H22N2OS. The fourth-order valence-electron chi connectivity index (χ4n) is 4.00. The van der Waals surface area contributed by atoms with E-state index in [1.807, 2.05) is 4.90 Å². The molecular weight excluding hydrogens is 268 g/mol. The summed E-state index contributed by atoms with van der Waals surface area (Å²) in [5.41, 5.74) is 1.20. The minimum Gasteiger partial charge on any atom is -0.336 e. The Hall–Kier alpha value is -0.900. The fraction of sp³-hybridized carbons (Fsp3) is 0.750. The first-order chi connectivity index (χ1) is 9.81. The van der Waals surface area contributed by atoms with E-state index in [9.17, 15) is 4.79 Å². The molecule has 0 aromatic carbocycles. The lowest BCUT2D eigenvalue weighted by atomic mass is 9.76. The van der Waals surface area contributed by atoms with Crippen LogP contribution in [-0.2, 0) is 12.8 Å². The first kappa shape index (κ1) is 12.8. The van der Waals surface area contributed by atoms with E-state index >= 15 is 0 Å². The Bertz CT molecular complexity index is 491. The summed E-state index contributed by atoms with van der Waals surface area (Å²) < 4.78 is 0. The van der Waals surface area contributed by atoms with Crippen LogP contribution >= 0.6 is 11.3 Å². The molecule has 4 heteroatoms. The van der Waals surface area contributed by atoms with Gasteiger partial charge in [0, 0.05) is 18.0 Å². The summed E-state index contributed by atoms with van der Waals surface area (Å²) in [6.45, 7) is 1.96. The maximum Gasteiger partial charge on any atom is 0.282 e. The second-order valence-electron chi connectivity index (χ2n) is 6.61. The number of aromatic nitrogens is 1. The van der Waals surface area contributed by atoms with Gasteiger partial charge in [-0.05, 0) is 31.1 Å². The standard InChI is InChI=1S/C16H22N2OS/c19-16(15-17-13-7-4-8-14(13)20-15)18-9-12(10-18)11-5-2-1-3-6-11/h11-12H,1-10H2. The molecule has 0 atom stereocenters. The van der Waals surface area contributed by atoms with E-state index in [1.165, 1.54) is 49.1 Å². The van der Waals surface area contributed by atoms with E-state index in [2.05, 4.69) is 4.98 Å². The van der Waals surface area contributed by atoms with Gasteiger partial charge in [0.05, 0.1) is 5.69 Å². The van der Waals surface area contributed by atoms with E-state index in [0.717, 1.165) is 42.8 Å². The number of aryl methyl sites for hydroxylation is 2. The van der Waals surface area contributed by atoms with E-state index in [0.29, 0.717) is 0 Å². The molecule has 2 fully saturated rings. The fourth-order valence-corrected chi connectivity index (χ4v) is 5.12. The molecule has 1 aromatic heterocycles. The topological polar surface area (TPSA) is 33.2 Å². The number of hydrogen-bond donors (Lipinski definition) is 0. The average Bonchev–Trinajstić information content (AvgIpc) is 2.98. The van der Waals surface area contributed by atoms with Crippen LogP contribution in [0, 0.1) is 11.8 Å². The van der Waals surface area contributed by atoms with Crippen LogP contribution in [0.2, 0.25) is 0 Å². The number of carbonyl (C=O) groups excluding carboxylic acids is 1. The number of fused-ring (bicyclic) bond motifs is 1. The molecule has 2 heterocycles. The molecule has 1 amide bonds. The number of hydrogen-bond acceptors (Lipinski definition) is 3. The maximum absolute atomic E-state index is 12.4. The Labute approximate surface area is 124 Å². The van der Waals surface area contributed by atoms with Gasteiger partial charge in [0.2, 0.25) is 0 Å². The molecule has 1 aliphatic heterocycles. The Morgan fingerprint density at radius 2 is 1.85 bits per heavy atom. The normalized spacial score (nSPS) is 23.7. The third kappa shape index (κ3) is 2.18. The lowest BCUT2D eigenvalue weighted by Crippen LogP contribution is -2.52. The highest BCUT2D eigenvalue weighted by Crippen LogP contribution is 2.36. The number of rotatable bonds is 2. The average molecular weight is 290 g/mol. The summed E-state index contributed by atoms with van der Waals surface area (Å²) in [5.74, 6) is 1.84. The number of nitrogens with zero attached hydrogens (tertiary/aromatic N) is 2. The Kier molecular flexibility index (Phi) is 3.29. The van der Waals surface area contributed by atoms with E-state index < -0.39 is 0 Å². The lowest BCUT2D eigenvalue weighted by molar-refractivity contribution is 0.0304. The zero-order chi connectivity index (χ0) is 13.5. The van der Waals surface area contributed by atoms with Crippen molar-refractivity contribution < 1.29 is 4.79 Å². The van der Waals surface area contributed by atoms with Gasteiger partial charge in [0.15, 0.2) is 5.01 Å². The molecule has 0 N–H and O–H groups in total. The molecule has 0 radical (unpaired) electrons.